The Hall–Kier alpha value is -1.14. The summed E-state index contributed by atoms with van der Waals surface area (Å²) in [5.74, 6) is 0.571. The molecule has 0 radical (unpaired) electrons. The van der Waals surface area contributed by atoms with Crippen LogP contribution >= 0.6 is 15.9 Å². The molecule has 0 bridgehead atoms. The van der Waals surface area contributed by atoms with Gasteiger partial charge in [-0.1, -0.05) is 0 Å². The predicted octanol–water partition coefficient (Wildman–Crippen LogP) is 2.51. The fourth-order valence-corrected chi connectivity index (χ4v) is 2.19. The molecular weight excluding hydrogens is 322 g/mol. The molecule has 0 aliphatic rings. The normalized spacial score (nSPS) is 10.4. The first kappa shape index (κ1) is 16.9. The van der Waals surface area contributed by atoms with Gasteiger partial charge in [-0.05, 0) is 48.2 Å². The third kappa shape index (κ3) is 5.09. The number of anilines is 1. The maximum atomic E-state index is 12.4. The van der Waals surface area contributed by atoms with Gasteiger partial charge in [0.25, 0.3) is 5.91 Å². The number of aliphatic hydroxyl groups is 1. The number of unbranched alkanes of at least 4 members (excludes halogenated alkanes) is 2. The maximum Gasteiger partial charge on any atom is 0.257 e. The van der Waals surface area contributed by atoms with Gasteiger partial charge in [-0.25, -0.2) is 4.98 Å². The lowest BCUT2D eigenvalue weighted by Crippen LogP contribution is -2.28. The van der Waals surface area contributed by atoms with Crippen molar-refractivity contribution in [2.45, 2.75) is 26.2 Å². The zero-order chi connectivity index (χ0) is 15.0. The van der Waals surface area contributed by atoms with E-state index >= 15 is 0 Å². The van der Waals surface area contributed by atoms with E-state index in [0.717, 1.165) is 30.3 Å². The molecule has 5 nitrogen and oxygen atoms in total. The molecule has 1 amide bonds. The summed E-state index contributed by atoms with van der Waals surface area (Å²) in [4.78, 5) is 18.4. The Bertz CT molecular complexity index is 440. The summed E-state index contributed by atoms with van der Waals surface area (Å²) in [6, 6.07) is 1.79. The Morgan fingerprint density at radius 1 is 1.45 bits per heavy atom. The first-order valence-electron chi connectivity index (χ1n) is 6.85. The van der Waals surface area contributed by atoms with Crippen LogP contribution < -0.4 is 5.32 Å². The van der Waals surface area contributed by atoms with E-state index in [1.165, 1.54) is 0 Å². The van der Waals surface area contributed by atoms with Gasteiger partial charge in [0.2, 0.25) is 0 Å². The van der Waals surface area contributed by atoms with Crippen LogP contribution in [-0.4, -0.2) is 47.6 Å². The molecule has 0 aromatic carbocycles. The molecule has 20 heavy (non-hydrogen) atoms. The summed E-state index contributed by atoms with van der Waals surface area (Å²) in [5.41, 5.74) is 0.575. The first-order valence-corrected chi connectivity index (χ1v) is 7.65. The second-order valence-electron chi connectivity index (χ2n) is 4.59. The van der Waals surface area contributed by atoms with Gasteiger partial charge in [-0.15, -0.1) is 0 Å². The standard InChI is InChI=1S/C14H22BrN3O2/c1-3-16-13-12(9-11(15)10-17-13)14(20)18(2)7-5-4-6-8-19/h9-10,19H,3-8H2,1-2H3,(H,16,17). The predicted molar refractivity (Wildman–Crippen MR) is 84.0 cm³/mol. The Labute approximate surface area is 128 Å². The Kier molecular flexibility index (Phi) is 7.54. The van der Waals surface area contributed by atoms with Gasteiger partial charge >= 0.3 is 0 Å². The molecular formula is C14H22BrN3O2. The number of pyridine rings is 1. The van der Waals surface area contributed by atoms with E-state index in [4.69, 9.17) is 5.11 Å². The molecule has 112 valence electrons. The molecule has 0 saturated heterocycles. The highest BCUT2D eigenvalue weighted by atomic mass is 79.9. The summed E-state index contributed by atoms with van der Waals surface area (Å²) < 4.78 is 0.788. The molecule has 0 unspecified atom stereocenters. The summed E-state index contributed by atoms with van der Waals surface area (Å²) in [6.07, 6.45) is 4.27. The van der Waals surface area contributed by atoms with Crippen molar-refractivity contribution in [1.82, 2.24) is 9.88 Å². The van der Waals surface area contributed by atoms with E-state index in [0.29, 0.717) is 17.9 Å². The Morgan fingerprint density at radius 3 is 2.85 bits per heavy atom. The number of nitrogens with one attached hydrogen (secondary N) is 1. The maximum absolute atomic E-state index is 12.4. The highest BCUT2D eigenvalue weighted by Crippen LogP contribution is 2.19. The lowest BCUT2D eigenvalue weighted by molar-refractivity contribution is 0.0792. The lowest BCUT2D eigenvalue weighted by Gasteiger charge is -2.19. The number of hydrogen-bond acceptors (Lipinski definition) is 4. The van der Waals surface area contributed by atoms with E-state index in [9.17, 15) is 4.79 Å². The van der Waals surface area contributed by atoms with E-state index in [1.807, 2.05) is 6.92 Å². The largest absolute Gasteiger partial charge is 0.396 e. The van der Waals surface area contributed by atoms with Crippen molar-refractivity contribution in [3.05, 3.63) is 22.3 Å². The number of hydrogen-bond donors (Lipinski definition) is 2. The number of carbonyl (C=O) groups is 1. The molecule has 2 N–H and O–H groups in total. The molecule has 6 heteroatoms. The number of rotatable bonds is 8. The second-order valence-corrected chi connectivity index (χ2v) is 5.51. The molecule has 0 fully saturated rings. The Balaban J connectivity index is 2.72. The molecule has 0 saturated carbocycles. The second kappa shape index (κ2) is 8.92. The molecule has 0 atom stereocenters. The highest BCUT2D eigenvalue weighted by molar-refractivity contribution is 9.10. The third-order valence-corrected chi connectivity index (χ3v) is 3.36. The van der Waals surface area contributed by atoms with Gasteiger partial charge in [-0.2, -0.15) is 0 Å². The van der Waals surface area contributed by atoms with Gasteiger partial charge in [0, 0.05) is 37.4 Å². The number of amides is 1. The van der Waals surface area contributed by atoms with Crippen molar-refractivity contribution in [1.29, 1.82) is 0 Å². The molecule has 0 aliphatic carbocycles. The topological polar surface area (TPSA) is 65.5 Å². The van der Waals surface area contributed by atoms with Crippen LogP contribution in [-0.2, 0) is 0 Å². The molecule has 1 aromatic heterocycles. The SMILES string of the molecule is CCNc1ncc(Br)cc1C(=O)N(C)CCCCCO. The summed E-state index contributed by atoms with van der Waals surface area (Å²) in [7, 11) is 1.79. The molecule has 0 aliphatic heterocycles. The average Bonchev–Trinajstić information content (AvgIpc) is 2.44. The van der Waals surface area contributed by atoms with Crippen LogP contribution in [0.15, 0.2) is 16.7 Å². The number of carbonyl (C=O) groups excluding carboxylic acids is 1. The van der Waals surface area contributed by atoms with E-state index < -0.39 is 0 Å². The van der Waals surface area contributed by atoms with E-state index in [2.05, 4.69) is 26.2 Å². The third-order valence-electron chi connectivity index (χ3n) is 2.93. The monoisotopic (exact) mass is 343 g/mol. The molecule has 1 heterocycles. The van der Waals surface area contributed by atoms with Crippen LogP contribution in [0.2, 0.25) is 0 Å². The molecule has 0 spiro atoms. The van der Waals surface area contributed by atoms with Crippen LogP contribution in [0.1, 0.15) is 36.5 Å². The quantitative estimate of drug-likeness (QED) is 0.711. The van der Waals surface area contributed by atoms with Gasteiger partial charge < -0.3 is 15.3 Å². The summed E-state index contributed by atoms with van der Waals surface area (Å²) in [5, 5.41) is 11.8. The molecule has 1 rings (SSSR count). The first-order chi connectivity index (χ1) is 9.60. The number of aromatic nitrogens is 1. The minimum atomic E-state index is -0.0428. The van der Waals surface area contributed by atoms with Crippen molar-refractivity contribution in [3.8, 4) is 0 Å². The summed E-state index contributed by atoms with van der Waals surface area (Å²) in [6.45, 7) is 3.57. The van der Waals surface area contributed by atoms with Crippen molar-refractivity contribution < 1.29 is 9.90 Å². The van der Waals surface area contributed by atoms with Gasteiger partial charge in [0.05, 0.1) is 5.56 Å². The van der Waals surface area contributed by atoms with Gasteiger partial charge in [0.1, 0.15) is 5.82 Å². The minimum absolute atomic E-state index is 0.0428. The molecule has 1 aromatic rings. The smallest absolute Gasteiger partial charge is 0.257 e. The zero-order valence-corrected chi connectivity index (χ0v) is 13.6. The van der Waals surface area contributed by atoms with E-state index in [-0.39, 0.29) is 12.5 Å². The highest BCUT2D eigenvalue weighted by Gasteiger charge is 2.17. The van der Waals surface area contributed by atoms with Crippen molar-refractivity contribution >= 4 is 27.7 Å². The lowest BCUT2D eigenvalue weighted by atomic mass is 10.2. The zero-order valence-electron chi connectivity index (χ0n) is 12.0. The summed E-state index contributed by atoms with van der Waals surface area (Å²) >= 11 is 3.35. The van der Waals surface area contributed by atoms with Crippen LogP contribution in [0, 0.1) is 0 Å². The number of nitrogens with zero attached hydrogens (tertiary/aromatic N) is 2. The van der Waals surface area contributed by atoms with Gasteiger partial charge in [0.15, 0.2) is 0 Å². The average molecular weight is 344 g/mol. The van der Waals surface area contributed by atoms with Crippen LogP contribution in [0.25, 0.3) is 0 Å². The Morgan fingerprint density at radius 2 is 2.20 bits per heavy atom. The fraction of sp³-hybridized carbons (Fsp3) is 0.571. The van der Waals surface area contributed by atoms with E-state index in [1.54, 1.807) is 24.2 Å². The van der Waals surface area contributed by atoms with Crippen molar-refractivity contribution in [3.63, 3.8) is 0 Å². The number of halogens is 1. The van der Waals surface area contributed by atoms with Crippen LogP contribution in [0.4, 0.5) is 5.82 Å². The minimum Gasteiger partial charge on any atom is -0.396 e. The van der Waals surface area contributed by atoms with Crippen molar-refractivity contribution in [2.75, 3.05) is 32.1 Å². The van der Waals surface area contributed by atoms with Gasteiger partial charge in [-0.3, -0.25) is 4.79 Å². The van der Waals surface area contributed by atoms with Crippen molar-refractivity contribution in [2.24, 2.45) is 0 Å². The number of aliphatic hydroxyl groups excluding tert-OH is 1. The fourth-order valence-electron chi connectivity index (χ4n) is 1.86. The van der Waals surface area contributed by atoms with Crippen LogP contribution in [0.5, 0.6) is 0 Å². The van der Waals surface area contributed by atoms with Crippen LogP contribution in [0.3, 0.4) is 0 Å².